The molecule has 4 atom stereocenters. The Labute approximate surface area is 201 Å². The van der Waals surface area contributed by atoms with E-state index in [2.05, 4.69) is 132 Å². The summed E-state index contributed by atoms with van der Waals surface area (Å²) >= 11 is 0. The van der Waals surface area contributed by atoms with E-state index in [1.165, 1.54) is 22.3 Å². The molecule has 3 N–H and O–H groups in total. The third kappa shape index (κ3) is 3.76. The highest BCUT2D eigenvalue weighted by molar-refractivity contribution is 5.34. The maximum atomic E-state index is 12.1. The van der Waals surface area contributed by atoms with Gasteiger partial charge < -0.3 is 15.7 Å². The summed E-state index contributed by atoms with van der Waals surface area (Å²) in [5.74, 6) is -0.00977. The molecule has 0 aromatic heterocycles. The summed E-state index contributed by atoms with van der Waals surface area (Å²) in [6.07, 6.45) is -0.478. The minimum atomic E-state index is -0.478. The first-order valence-corrected chi connectivity index (χ1v) is 12.2. The first-order valence-electron chi connectivity index (χ1n) is 12.2. The number of rotatable bonds is 4. The molecule has 4 unspecified atom stereocenters. The Morgan fingerprint density at radius 3 is 0.853 bits per heavy atom. The molecule has 0 radical (unpaired) electrons. The Balaban J connectivity index is 1.51. The highest BCUT2D eigenvalue weighted by atomic mass is 16.3. The molecule has 0 spiro atoms. The van der Waals surface area contributed by atoms with Gasteiger partial charge in [-0.25, -0.2) is 0 Å². The molecule has 3 heteroatoms. The Morgan fingerprint density at radius 1 is 0.382 bits per heavy atom. The molecule has 2 aliphatic rings. The minimum Gasteiger partial charge on any atom is -0.392 e. The van der Waals surface area contributed by atoms with Crippen LogP contribution in [0.15, 0.2) is 121 Å². The molecule has 34 heavy (non-hydrogen) atoms. The predicted molar refractivity (Wildman–Crippen MR) is 136 cm³/mol. The second kappa shape index (κ2) is 9.19. The average Bonchev–Trinajstić information content (AvgIpc) is 2.91. The van der Waals surface area contributed by atoms with Crippen LogP contribution in [-0.4, -0.2) is 11.2 Å². The standard InChI is InChI=1S/C31H30N2O/c34-31-25-27(21-13-5-1-6-14-21)32-29(23-17-9-3-10-18-23)26(31)30(24-19-11-4-12-20-24)33-28(25)22-15-7-2-8-16-22/h1-20,25-34H. The largest absolute Gasteiger partial charge is 0.392 e. The lowest BCUT2D eigenvalue weighted by atomic mass is 9.63. The van der Waals surface area contributed by atoms with Gasteiger partial charge in [-0.1, -0.05) is 121 Å². The number of nitrogens with one attached hydrogen (secondary N) is 2. The molecule has 3 nitrogen and oxygen atoms in total. The first kappa shape index (κ1) is 21.3. The number of hydrogen-bond donors (Lipinski definition) is 3. The summed E-state index contributed by atoms with van der Waals surface area (Å²) in [5, 5.41) is 20.2. The van der Waals surface area contributed by atoms with Crippen molar-refractivity contribution in [3.63, 3.8) is 0 Å². The van der Waals surface area contributed by atoms with Crippen molar-refractivity contribution < 1.29 is 5.11 Å². The van der Waals surface area contributed by atoms with Gasteiger partial charge in [0, 0.05) is 36.0 Å². The Hall–Kier alpha value is -3.24. The topological polar surface area (TPSA) is 44.3 Å². The molecule has 2 saturated heterocycles. The number of aliphatic hydroxyl groups excluding tert-OH is 1. The fourth-order valence-corrected chi connectivity index (χ4v) is 6.18. The van der Waals surface area contributed by atoms with Crippen LogP contribution in [0.2, 0.25) is 0 Å². The average molecular weight is 447 g/mol. The van der Waals surface area contributed by atoms with Crippen LogP contribution < -0.4 is 10.6 Å². The van der Waals surface area contributed by atoms with Crippen LogP contribution in [0.1, 0.15) is 46.4 Å². The maximum Gasteiger partial charge on any atom is 0.0669 e. The lowest BCUT2D eigenvalue weighted by Crippen LogP contribution is -2.62. The fraction of sp³-hybridized carbons (Fsp3) is 0.226. The summed E-state index contributed by atoms with van der Waals surface area (Å²) < 4.78 is 0. The van der Waals surface area contributed by atoms with Crippen LogP contribution in [0.5, 0.6) is 0 Å². The van der Waals surface area contributed by atoms with E-state index in [0.29, 0.717) is 0 Å². The third-order valence-corrected chi connectivity index (χ3v) is 7.68. The minimum absolute atomic E-state index is 0.00488. The molecule has 4 aromatic carbocycles. The molecule has 2 fully saturated rings. The number of hydrogen-bond acceptors (Lipinski definition) is 3. The van der Waals surface area contributed by atoms with Crippen molar-refractivity contribution >= 4 is 0 Å². The number of aliphatic hydroxyl groups is 1. The smallest absolute Gasteiger partial charge is 0.0669 e. The van der Waals surface area contributed by atoms with Gasteiger partial charge in [0.15, 0.2) is 0 Å². The molecule has 0 saturated carbocycles. The van der Waals surface area contributed by atoms with Crippen molar-refractivity contribution in [1.29, 1.82) is 0 Å². The van der Waals surface area contributed by atoms with Crippen molar-refractivity contribution in [2.24, 2.45) is 11.8 Å². The monoisotopic (exact) mass is 446 g/mol. The van der Waals surface area contributed by atoms with Crippen molar-refractivity contribution in [2.45, 2.75) is 30.3 Å². The Morgan fingerprint density at radius 2 is 0.618 bits per heavy atom. The number of benzene rings is 4. The first-order chi connectivity index (χ1) is 16.8. The quantitative estimate of drug-likeness (QED) is 0.374. The molecule has 2 bridgehead atoms. The van der Waals surface area contributed by atoms with Gasteiger partial charge in [-0.2, -0.15) is 0 Å². The van der Waals surface area contributed by atoms with Crippen LogP contribution in [-0.2, 0) is 0 Å². The normalized spacial score (nSPS) is 30.6. The van der Waals surface area contributed by atoms with E-state index >= 15 is 0 Å². The van der Waals surface area contributed by atoms with Gasteiger partial charge in [0.2, 0.25) is 0 Å². The molecule has 4 aromatic rings. The predicted octanol–water partition coefficient (Wildman–Crippen LogP) is 5.75. The Kier molecular flexibility index (Phi) is 5.76. The lowest BCUT2D eigenvalue weighted by molar-refractivity contribution is -0.0865. The zero-order chi connectivity index (χ0) is 22.9. The lowest BCUT2D eigenvalue weighted by Gasteiger charge is -2.56. The van der Waals surface area contributed by atoms with E-state index in [1.54, 1.807) is 0 Å². The van der Waals surface area contributed by atoms with Gasteiger partial charge >= 0.3 is 0 Å². The van der Waals surface area contributed by atoms with Crippen LogP contribution in [0.25, 0.3) is 0 Å². The summed E-state index contributed by atoms with van der Waals surface area (Å²) in [6, 6.07) is 42.5. The Bertz CT molecular complexity index is 1010. The van der Waals surface area contributed by atoms with Gasteiger partial charge in [-0.05, 0) is 22.3 Å². The molecule has 0 amide bonds. The number of piperidine rings is 2. The van der Waals surface area contributed by atoms with Crippen molar-refractivity contribution in [3.05, 3.63) is 144 Å². The second-order valence-corrected chi connectivity index (χ2v) is 9.53. The van der Waals surface area contributed by atoms with Crippen LogP contribution in [0.4, 0.5) is 0 Å². The zero-order valence-electron chi connectivity index (χ0n) is 19.0. The summed E-state index contributed by atoms with van der Waals surface area (Å²) in [5.41, 5.74) is 4.86. The van der Waals surface area contributed by atoms with Crippen molar-refractivity contribution in [3.8, 4) is 0 Å². The molecule has 0 aliphatic carbocycles. The van der Waals surface area contributed by atoms with E-state index in [9.17, 15) is 5.11 Å². The fourth-order valence-electron chi connectivity index (χ4n) is 6.18. The highest BCUT2D eigenvalue weighted by Crippen LogP contribution is 2.53. The van der Waals surface area contributed by atoms with Crippen molar-refractivity contribution in [2.75, 3.05) is 0 Å². The number of fused-ring (bicyclic) bond motifs is 2. The third-order valence-electron chi connectivity index (χ3n) is 7.68. The van der Waals surface area contributed by atoms with E-state index < -0.39 is 6.10 Å². The van der Waals surface area contributed by atoms with Gasteiger partial charge in [-0.3, -0.25) is 0 Å². The van der Waals surface area contributed by atoms with Crippen molar-refractivity contribution in [1.82, 2.24) is 10.6 Å². The highest BCUT2D eigenvalue weighted by Gasteiger charge is 2.54. The van der Waals surface area contributed by atoms with Gasteiger partial charge in [0.1, 0.15) is 0 Å². The van der Waals surface area contributed by atoms with E-state index in [0.717, 1.165) is 0 Å². The zero-order valence-corrected chi connectivity index (χ0v) is 19.0. The van der Waals surface area contributed by atoms with Crippen LogP contribution >= 0.6 is 0 Å². The van der Waals surface area contributed by atoms with Crippen LogP contribution in [0, 0.1) is 11.8 Å². The molecular weight excluding hydrogens is 416 g/mol. The van der Waals surface area contributed by atoms with E-state index in [1.807, 2.05) is 0 Å². The van der Waals surface area contributed by atoms with Gasteiger partial charge in [0.05, 0.1) is 6.10 Å². The molecule has 2 aliphatic heterocycles. The van der Waals surface area contributed by atoms with Gasteiger partial charge in [-0.15, -0.1) is 0 Å². The summed E-state index contributed by atoms with van der Waals surface area (Å²) in [6.45, 7) is 0. The second-order valence-electron chi connectivity index (χ2n) is 9.53. The summed E-state index contributed by atoms with van der Waals surface area (Å²) in [7, 11) is 0. The molecule has 170 valence electrons. The van der Waals surface area contributed by atoms with Gasteiger partial charge in [0.25, 0.3) is 0 Å². The maximum absolute atomic E-state index is 12.1. The molecule has 6 rings (SSSR count). The summed E-state index contributed by atoms with van der Waals surface area (Å²) in [4.78, 5) is 0. The van der Waals surface area contributed by atoms with Crippen LogP contribution in [0.3, 0.4) is 0 Å². The van der Waals surface area contributed by atoms with E-state index in [-0.39, 0.29) is 36.0 Å². The molecule has 2 heterocycles. The molecular formula is C31H30N2O. The SMILES string of the molecule is OC1C2C(c3ccccc3)NC(c3ccccc3)C1C(c1ccccc1)NC2c1ccccc1. The van der Waals surface area contributed by atoms with E-state index in [4.69, 9.17) is 0 Å².